The topological polar surface area (TPSA) is 60.8 Å². The Morgan fingerprint density at radius 1 is 1.40 bits per heavy atom. The van der Waals surface area contributed by atoms with Gasteiger partial charge in [0.15, 0.2) is 0 Å². The van der Waals surface area contributed by atoms with Crippen LogP contribution >= 0.6 is 0 Å². The summed E-state index contributed by atoms with van der Waals surface area (Å²) < 4.78 is 0. The fourth-order valence-electron chi connectivity index (χ4n) is 0.560. The van der Waals surface area contributed by atoms with Gasteiger partial charge in [-0.3, -0.25) is 4.79 Å². The summed E-state index contributed by atoms with van der Waals surface area (Å²) in [6.07, 6.45) is 0. The first-order valence-corrected chi connectivity index (χ1v) is 3.16. The van der Waals surface area contributed by atoms with E-state index in [1.54, 1.807) is 13.8 Å². The highest BCUT2D eigenvalue weighted by Crippen LogP contribution is 2.00. The van der Waals surface area contributed by atoms with Crippen molar-refractivity contribution in [1.29, 1.82) is 0 Å². The maximum Gasteiger partial charge on any atom is 0.323 e. The molecule has 0 fully saturated rings. The van der Waals surface area contributed by atoms with Crippen LogP contribution in [0.2, 0.25) is 0 Å². The zero-order chi connectivity index (χ0) is 8.31. The van der Waals surface area contributed by atoms with Gasteiger partial charge in [0.25, 0.3) is 0 Å². The van der Waals surface area contributed by atoms with Crippen LogP contribution in [0.5, 0.6) is 0 Å². The summed E-state index contributed by atoms with van der Waals surface area (Å²) in [5, 5.41) is 18.2. The van der Waals surface area contributed by atoms with Crippen molar-refractivity contribution in [2.24, 2.45) is 0 Å². The first-order valence-electron chi connectivity index (χ1n) is 3.16. The van der Waals surface area contributed by atoms with Crippen LogP contribution in [0.4, 0.5) is 0 Å². The number of hydrogen-bond acceptors (Lipinski definition) is 3. The third kappa shape index (κ3) is 2.33. The van der Waals surface area contributed by atoms with Gasteiger partial charge < -0.3 is 10.3 Å². The predicted octanol–water partition coefficient (Wildman–Crippen LogP) is 0.559. The van der Waals surface area contributed by atoms with Crippen molar-refractivity contribution in [3.05, 3.63) is 0 Å². The molecule has 0 aliphatic carbocycles. The molecule has 0 saturated heterocycles. The van der Waals surface area contributed by atoms with Gasteiger partial charge in [-0.05, 0) is 20.8 Å². The first-order chi connectivity index (χ1) is 4.46. The molecule has 10 heavy (non-hydrogen) atoms. The van der Waals surface area contributed by atoms with E-state index >= 15 is 0 Å². The molecule has 0 spiro atoms. The number of carboxylic acids is 1. The predicted molar refractivity (Wildman–Crippen MR) is 35.9 cm³/mol. The summed E-state index contributed by atoms with van der Waals surface area (Å²) in [6, 6.07) is -0.994. The van der Waals surface area contributed by atoms with Crippen molar-refractivity contribution in [2.45, 2.75) is 32.9 Å². The van der Waals surface area contributed by atoms with Crippen molar-refractivity contribution in [3.8, 4) is 0 Å². The smallest absolute Gasteiger partial charge is 0.323 e. The van der Waals surface area contributed by atoms with Crippen LogP contribution in [0.15, 0.2) is 0 Å². The molecule has 0 aliphatic rings. The Labute approximate surface area is 60.0 Å². The van der Waals surface area contributed by atoms with Gasteiger partial charge in [-0.1, -0.05) is 0 Å². The lowest BCUT2D eigenvalue weighted by molar-refractivity contribution is -0.176. The Morgan fingerprint density at radius 2 is 1.80 bits per heavy atom. The van der Waals surface area contributed by atoms with Crippen molar-refractivity contribution >= 4 is 5.97 Å². The third-order valence-corrected chi connectivity index (χ3v) is 1.28. The van der Waals surface area contributed by atoms with Gasteiger partial charge in [0, 0.05) is 6.04 Å². The van der Waals surface area contributed by atoms with Crippen LogP contribution in [-0.2, 0) is 4.79 Å². The number of nitrogens with zero attached hydrogens (tertiary/aromatic N) is 1. The van der Waals surface area contributed by atoms with E-state index in [4.69, 9.17) is 10.3 Å². The summed E-state index contributed by atoms with van der Waals surface area (Å²) >= 11 is 0. The highest BCUT2D eigenvalue weighted by molar-refractivity contribution is 5.72. The molecular formula is C6H13NO3. The molecule has 0 bridgehead atoms. The van der Waals surface area contributed by atoms with E-state index in [1.165, 1.54) is 6.92 Å². The second kappa shape index (κ2) is 3.53. The largest absolute Gasteiger partial charge is 0.480 e. The molecule has 4 nitrogen and oxygen atoms in total. The molecule has 60 valence electrons. The zero-order valence-electron chi connectivity index (χ0n) is 6.40. The normalized spacial score (nSPS) is 14.2. The molecule has 0 heterocycles. The van der Waals surface area contributed by atoms with Crippen LogP contribution in [0.25, 0.3) is 0 Å². The molecule has 0 rings (SSSR count). The van der Waals surface area contributed by atoms with E-state index in [0.717, 1.165) is 5.06 Å². The molecule has 0 amide bonds. The Morgan fingerprint density at radius 3 is 1.90 bits per heavy atom. The van der Waals surface area contributed by atoms with Crippen LogP contribution in [-0.4, -0.2) is 33.4 Å². The second-order valence-electron chi connectivity index (χ2n) is 2.49. The van der Waals surface area contributed by atoms with Gasteiger partial charge in [0.2, 0.25) is 0 Å². The molecular weight excluding hydrogens is 134 g/mol. The Hall–Kier alpha value is -0.610. The van der Waals surface area contributed by atoms with Gasteiger partial charge in [-0.2, -0.15) is 5.06 Å². The van der Waals surface area contributed by atoms with Gasteiger partial charge >= 0.3 is 5.97 Å². The summed E-state index contributed by atoms with van der Waals surface area (Å²) in [7, 11) is 0. The summed E-state index contributed by atoms with van der Waals surface area (Å²) in [5.41, 5.74) is 0. The summed E-state index contributed by atoms with van der Waals surface area (Å²) in [5.74, 6) is -1.02. The Balaban J connectivity index is 3.94. The molecule has 0 aromatic heterocycles. The second-order valence-corrected chi connectivity index (χ2v) is 2.49. The molecule has 1 atom stereocenters. The monoisotopic (exact) mass is 147 g/mol. The number of carboxylic acid groups (broad SMARTS) is 1. The van der Waals surface area contributed by atoms with E-state index in [9.17, 15) is 4.79 Å². The average molecular weight is 147 g/mol. The number of rotatable bonds is 3. The zero-order valence-corrected chi connectivity index (χ0v) is 6.40. The Bertz CT molecular complexity index is 124. The van der Waals surface area contributed by atoms with Gasteiger partial charge in [-0.15, -0.1) is 0 Å². The van der Waals surface area contributed by atoms with Gasteiger partial charge in [-0.25, -0.2) is 0 Å². The van der Waals surface area contributed by atoms with Crippen molar-refractivity contribution in [3.63, 3.8) is 0 Å². The van der Waals surface area contributed by atoms with Gasteiger partial charge in [0.1, 0.15) is 6.04 Å². The summed E-state index contributed by atoms with van der Waals surface area (Å²) in [6.45, 7) is 4.88. The van der Waals surface area contributed by atoms with Crippen LogP contribution in [0.3, 0.4) is 0 Å². The average Bonchev–Trinajstić information content (AvgIpc) is 1.84. The minimum Gasteiger partial charge on any atom is -0.480 e. The Kier molecular flexibility index (Phi) is 3.32. The lowest BCUT2D eigenvalue weighted by Gasteiger charge is -2.22. The van der Waals surface area contributed by atoms with Crippen molar-refractivity contribution in [2.75, 3.05) is 0 Å². The van der Waals surface area contributed by atoms with E-state index < -0.39 is 12.0 Å². The van der Waals surface area contributed by atoms with E-state index in [0.29, 0.717) is 0 Å². The lowest BCUT2D eigenvalue weighted by atomic mass is 10.3. The standard InChI is InChI=1S/C6H13NO3/c1-4(2)7(10)5(3)6(8)9/h4-5,10H,1-3H3,(H,8,9). The number of hydrogen-bond donors (Lipinski definition) is 2. The van der Waals surface area contributed by atoms with Gasteiger partial charge in [0.05, 0.1) is 0 Å². The first kappa shape index (κ1) is 9.39. The molecule has 0 aromatic carbocycles. The SMILES string of the molecule is CC(C)N(O)C(C)C(=O)O. The summed E-state index contributed by atoms with van der Waals surface area (Å²) in [4.78, 5) is 10.2. The van der Waals surface area contributed by atoms with Crippen LogP contribution in [0.1, 0.15) is 20.8 Å². The minimum absolute atomic E-state index is 0.161. The molecule has 4 heteroatoms. The van der Waals surface area contributed by atoms with Crippen LogP contribution in [0, 0.1) is 0 Å². The molecule has 0 radical (unpaired) electrons. The number of aliphatic carboxylic acids is 1. The fraction of sp³-hybridized carbons (Fsp3) is 0.833. The third-order valence-electron chi connectivity index (χ3n) is 1.28. The quantitative estimate of drug-likeness (QED) is 0.572. The van der Waals surface area contributed by atoms with Crippen molar-refractivity contribution in [1.82, 2.24) is 5.06 Å². The fourth-order valence-corrected chi connectivity index (χ4v) is 0.560. The highest BCUT2D eigenvalue weighted by atomic mass is 16.5. The molecule has 2 N–H and O–H groups in total. The maximum atomic E-state index is 10.2. The van der Waals surface area contributed by atoms with E-state index in [-0.39, 0.29) is 6.04 Å². The molecule has 1 unspecified atom stereocenters. The molecule has 0 aliphatic heterocycles. The van der Waals surface area contributed by atoms with E-state index in [1.807, 2.05) is 0 Å². The number of carbonyl (C=O) groups is 1. The molecule has 0 saturated carbocycles. The maximum absolute atomic E-state index is 10.2. The van der Waals surface area contributed by atoms with E-state index in [2.05, 4.69) is 0 Å². The van der Waals surface area contributed by atoms with Crippen molar-refractivity contribution < 1.29 is 15.1 Å². The van der Waals surface area contributed by atoms with Crippen LogP contribution < -0.4 is 0 Å². The minimum atomic E-state index is -1.02. The lowest BCUT2D eigenvalue weighted by Crippen LogP contribution is -2.40. The highest BCUT2D eigenvalue weighted by Gasteiger charge is 2.20. The molecule has 0 aromatic rings. The number of hydroxylamine groups is 2.